The molecular formula is C40H52O11. The number of hydrogen-bond acceptors (Lipinski definition) is 11. The van der Waals surface area contributed by atoms with Crippen LogP contribution in [0.3, 0.4) is 0 Å². The summed E-state index contributed by atoms with van der Waals surface area (Å²) in [5, 5.41) is 38.7. The number of benzene rings is 1. The van der Waals surface area contributed by atoms with Crippen LogP contribution in [0.2, 0.25) is 0 Å². The minimum Gasteiger partial charge on any atom is -0.493 e. The van der Waals surface area contributed by atoms with E-state index in [9.17, 15) is 34.5 Å². The van der Waals surface area contributed by atoms with Gasteiger partial charge in [-0.25, -0.2) is 4.79 Å². The number of ether oxygens (including phenoxy) is 4. The van der Waals surface area contributed by atoms with Crippen LogP contribution in [0, 0.1) is 44.8 Å². The molecule has 0 radical (unpaired) electrons. The smallest absolute Gasteiger partial charge is 0.338 e. The van der Waals surface area contributed by atoms with Crippen molar-refractivity contribution in [3.05, 3.63) is 47.2 Å². The van der Waals surface area contributed by atoms with Crippen LogP contribution in [0.5, 0.6) is 0 Å². The van der Waals surface area contributed by atoms with Crippen LogP contribution in [-0.4, -0.2) is 81.7 Å². The third-order valence-electron chi connectivity index (χ3n) is 15.4. The van der Waals surface area contributed by atoms with Crippen LogP contribution in [0.4, 0.5) is 0 Å². The van der Waals surface area contributed by atoms with Crippen LogP contribution in [0.15, 0.2) is 41.7 Å². The van der Waals surface area contributed by atoms with Crippen molar-refractivity contribution >= 4 is 23.7 Å². The van der Waals surface area contributed by atoms with Crippen molar-refractivity contribution in [1.82, 2.24) is 0 Å². The third kappa shape index (κ3) is 4.06. The number of carbonyl (C=O) groups excluding carboxylic acids is 4. The first-order valence-electron chi connectivity index (χ1n) is 18.2. The molecule has 5 fully saturated rings. The molecule has 4 saturated carbocycles. The molecule has 6 aliphatic rings. The normalized spacial score (nSPS) is 49.8. The first-order chi connectivity index (χ1) is 23.6. The van der Waals surface area contributed by atoms with Gasteiger partial charge in [-0.05, 0) is 80.9 Å². The maximum atomic E-state index is 14.3. The van der Waals surface area contributed by atoms with Crippen molar-refractivity contribution in [2.75, 3.05) is 7.11 Å². The van der Waals surface area contributed by atoms with Gasteiger partial charge in [0.25, 0.3) is 0 Å². The summed E-state index contributed by atoms with van der Waals surface area (Å²) in [4.78, 5) is 54.7. The highest BCUT2D eigenvalue weighted by Crippen LogP contribution is 2.83. The van der Waals surface area contributed by atoms with E-state index in [0.717, 1.165) is 5.57 Å². The lowest BCUT2D eigenvalue weighted by Gasteiger charge is -2.73. The molecule has 11 nitrogen and oxygen atoms in total. The van der Waals surface area contributed by atoms with Gasteiger partial charge in [0.15, 0.2) is 11.5 Å². The maximum Gasteiger partial charge on any atom is 0.338 e. The van der Waals surface area contributed by atoms with Gasteiger partial charge in [0.2, 0.25) is 0 Å². The number of rotatable bonds is 4. The van der Waals surface area contributed by atoms with Crippen LogP contribution < -0.4 is 0 Å². The van der Waals surface area contributed by atoms with E-state index in [1.165, 1.54) is 21.0 Å². The Morgan fingerprint density at radius 2 is 1.61 bits per heavy atom. The zero-order chi connectivity index (χ0) is 37.5. The average Bonchev–Trinajstić information content (AvgIpc) is 3.45. The fourth-order valence-corrected chi connectivity index (χ4v) is 13.6. The van der Waals surface area contributed by atoms with Crippen molar-refractivity contribution in [1.29, 1.82) is 0 Å². The van der Waals surface area contributed by atoms with Gasteiger partial charge >= 0.3 is 17.9 Å². The number of Topliss-reactive ketones (excluding diaryl/α,β-unsaturated/α-hetero) is 1. The zero-order valence-corrected chi connectivity index (χ0v) is 31.1. The number of esters is 3. The number of aliphatic hydroxyl groups excluding tert-OH is 2. The van der Waals surface area contributed by atoms with E-state index >= 15 is 0 Å². The Morgan fingerprint density at radius 1 is 0.961 bits per heavy atom. The highest BCUT2D eigenvalue weighted by Gasteiger charge is 2.92. The van der Waals surface area contributed by atoms with Crippen LogP contribution in [0.25, 0.3) is 0 Å². The largest absolute Gasteiger partial charge is 0.493 e. The summed E-state index contributed by atoms with van der Waals surface area (Å²) in [7, 11) is 1.48. The number of carbonyl (C=O) groups is 4. The molecule has 14 atom stereocenters. The molecule has 2 bridgehead atoms. The van der Waals surface area contributed by atoms with Crippen molar-refractivity contribution in [3.63, 3.8) is 0 Å². The highest BCUT2D eigenvalue weighted by molar-refractivity contribution is 5.96. The molecule has 51 heavy (non-hydrogen) atoms. The van der Waals surface area contributed by atoms with Gasteiger partial charge in [-0.15, -0.1) is 0 Å². The van der Waals surface area contributed by atoms with E-state index in [1.807, 2.05) is 20.8 Å². The topological polar surface area (TPSA) is 166 Å². The van der Waals surface area contributed by atoms with Crippen LogP contribution >= 0.6 is 0 Å². The van der Waals surface area contributed by atoms with Crippen molar-refractivity contribution in [2.45, 2.75) is 123 Å². The van der Waals surface area contributed by atoms with E-state index in [4.69, 9.17) is 18.9 Å². The van der Waals surface area contributed by atoms with Crippen molar-refractivity contribution < 1.29 is 53.4 Å². The van der Waals surface area contributed by atoms with Gasteiger partial charge < -0.3 is 34.3 Å². The molecule has 1 aromatic rings. The highest BCUT2D eigenvalue weighted by atomic mass is 16.6. The Kier molecular flexibility index (Phi) is 7.70. The molecule has 5 aliphatic carbocycles. The molecule has 0 amide bonds. The second-order valence-corrected chi connectivity index (χ2v) is 17.8. The molecule has 11 heteroatoms. The molecule has 1 heterocycles. The monoisotopic (exact) mass is 708 g/mol. The van der Waals surface area contributed by atoms with E-state index < -0.39 is 92.4 Å². The molecule has 0 aromatic heterocycles. The average molecular weight is 709 g/mol. The van der Waals surface area contributed by atoms with E-state index in [2.05, 4.69) is 6.92 Å². The number of fused-ring (bicyclic) bond motifs is 5. The van der Waals surface area contributed by atoms with Gasteiger partial charge in [0.05, 0.1) is 35.0 Å². The lowest BCUT2D eigenvalue weighted by Crippen LogP contribution is -2.86. The first kappa shape index (κ1) is 36.1. The minimum atomic E-state index is -2.14. The van der Waals surface area contributed by atoms with Gasteiger partial charge in [-0.3, -0.25) is 14.4 Å². The Balaban J connectivity index is 1.50. The SMILES string of the molecule is COC1=C(C)[C@@]2(C)C[C@@H](O)[C@@H]3[C@@](C)(C[C@H](C)[C@]34[C@@]35C[C@@](C)(C[C@H](OC(C)=O)[C@]3(C)[C@@H](OC(=O)c3ccccc3)[C@@H](O)[C@]4(C)O)C(=O)O5)[C@@H]2CC1=O. The summed E-state index contributed by atoms with van der Waals surface area (Å²) in [6.45, 7) is 14.2. The number of aliphatic hydroxyl groups is 3. The second-order valence-electron chi connectivity index (χ2n) is 17.8. The zero-order valence-electron chi connectivity index (χ0n) is 31.1. The Hall–Kier alpha value is -3.28. The molecule has 0 unspecified atom stereocenters. The summed E-state index contributed by atoms with van der Waals surface area (Å²) in [5.74, 6) is -3.41. The molecule has 278 valence electrons. The lowest BCUT2D eigenvalue weighted by molar-refractivity contribution is -0.381. The van der Waals surface area contributed by atoms with E-state index in [1.54, 1.807) is 44.2 Å². The van der Waals surface area contributed by atoms with Crippen molar-refractivity contribution in [2.24, 2.45) is 44.8 Å². The Bertz CT molecular complexity index is 1740. The predicted molar refractivity (Wildman–Crippen MR) is 181 cm³/mol. The van der Waals surface area contributed by atoms with Gasteiger partial charge in [0, 0.05) is 32.1 Å². The van der Waals surface area contributed by atoms with Gasteiger partial charge in [0.1, 0.15) is 29.5 Å². The Morgan fingerprint density at radius 3 is 2.22 bits per heavy atom. The van der Waals surface area contributed by atoms with Gasteiger partial charge in [-0.2, -0.15) is 0 Å². The quantitative estimate of drug-likeness (QED) is 0.302. The van der Waals surface area contributed by atoms with Gasteiger partial charge in [-0.1, -0.05) is 39.0 Å². The lowest BCUT2D eigenvalue weighted by atomic mass is 9.33. The van der Waals surface area contributed by atoms with E-state index in [-0.39, 0.29) is 42.9 Å². The molecule has 1 aromatic carbocycles. The number of methoxy groups -OCH3 is 1. The fourth-order valence-electron chi connectivity index (χ4n) is 13.6. The molecular weight excluding hydrogens is 656 g/mol. The molecule has 2 spiro atoms. The van der Waals surface area contributed by atoms with Crippen LogP contribution in [-0.2, 0) is 33.3 Å². The standard InChI is InChI=1S/C40H52O11/c1-20-16-36(6)26-15-24(42)28(48-9)21(2)35(26,5)17-25(43)29(36)40(20)38(8,47)30(44)31(50-32(45)23-13-11-10-12-14-23)37(7)27(49-22(3)41)18-34(4)19-39(37,40)51-33(34)46/h10-14,20,25-27,29-31,43-44,47H,15-19H2,1-9H3/t20-,25+,26+,27-,29+,30+,31-,34+,35+,36-,37+,38-,39+,40-/m0/s1. The summed E-state index contributed by atoms with van der Waals surface area (Å²) >= 11 is 0. The van der Waals surface area contributed by atoms with Crippen molar-refractivity contribution in [3.8, 4) is 0 Å². The maximum absolute atomic E-state index is 14.3. The summed E-state index contributed by atoms with van der Waals surface area (Å²) in [6.07, 6.45) is -4.58. The molecule has 1 aliphatic heterocycles. The first-order valence-corrected chi connectivity index (χ1v) is 18.2. The number of hydrogen-bond donors (Lipinski definition) is 3. The second kappa shape index (κ2) is 10.9. The number of ketones is 1. The number of allylic oxidation sites excluding steroid dienone is 2. The minimum absolute atomic E-state index is 0.0336. The predicted octanol–water partition coefficient (Wildman–Crippen LogP) is 4.30. The summed E-state index contributed by atoms with van der Waals surface area (Å²) in [5.41, 5.74) is -8.70. The molecule has 1 saturated heterocycles. The molecule has 7 rings (SSSR count). The summed E-state index contributed by atoms with van der Waals surface area (Å²) < 4.78 is 24.7. The third-order valence-corrected chi connectivity index (χ3v) is 15.4. The Labute approximate surface area is 299 Å². The summed E-state index contributed by atoms with van der Waals surface area (Å²) in [6, 6.07) is 8.25. The fraction of sp³-hybridized carbons (Fsp3) is 0.700. The van der Waals surface area contributed by atoms with E-state index in [0.29, 0.717) is 12.2 Å². The molecule has 3 N–H and O–H groups in total. The van der Waals surface area contributed by atoms with Crippen LogP contribution in [0.1, 0.15) is 97.9 Å².